The highest BCUT2D eigenvalue weighted by molar-refractivity contribution is 6.14. The summed E-state index contributed by atoms with van der Waals surface area (Å²) in [5.74, 6) is -0.405. The molecule has 12 aromatic rings. The predicted molar refractivity (Wildman–Crippen MR) is 252 cm³/mol. The molecule has 0 N–H and O–H groups in total. The normalized spacial score (nSPS) is 12.4. The van der Waals surface area contributed by atoms with Gasteiger partial charge in [0.05, 0.1) is 61.3 Å². The molecule has 0 unspecified atom stereocenters. The van der Waals surface area contributed by atoms with Gasteiger partial charge in [0, 0.05) is 43.8 Å². The minimum absolute atomic E-state index is 0.405. The van der Waals surface area contributed by atoms with E-state index in [1.54, 1.807) is 0 Å². The molecule has 1 aliphatic carbocycles. The highest BCUT2D eigenvalue weighted by Gasteiger charge is 2.39. The van der Waals surface area contributed by atoms with Crippen molar-refractivity contribution >= 4 is 65.4 Å². The van der Waals surface area contributed by atoms with Crippen LogP contribution in [0.2, 0.25) is 0 Å². The van der Waals surface area contributed by atoms with Gasteiger partial charge < -0.3 is 13.7 Å². The number of aromatic nitrogens is 3. The maximum absolute atomic E-state index is 12.1. The maximum atomic E-state index is 12.1. The molecule has 0 radical (unpaired) electrons. The topological polar surface area (TPSA) is 62.4 Å². The van der Waals surface area contributed by atoms with Gasteiger partial charge in [-0.05, 0) is 58.7 Å². The van der Waals surface area contributed by atoms with Crippen LogP contribution in [0.15, 0.2) is 194 Å². The van der Waals surface area contributed by atoms with Crippen LogP contribution in [0.25, 0.3) is 93.6 Å². The number of hydrogen-bond acceptors (Lipinski definition) is 2. The first-order valence-corrected chi connectivity index (χ1v) is 20.9. The van der Waals surface area contributed by atoms with E-state index in [1.165, 1.54) is 0 Å². The van der Waals surface area contributed by atoms with Crippen LogP contribution in [-0.2, 0) is 0 Å². The van der Waals surface area contributed by atoms with Crippen LogP contribution >= 0.6 is 0 Å². The average Bonchev–Trinajstić information content (AvgIpc) is 4.06. The van der Waals surface area contributed by atoms with Gasteiger partial charge in [0.25, 0.3) is 0 Å². The Morgan fingerprint density at radius 3 is 0.871 bits per heavy atom. The predicted octanol–water partition coefficient (Wildman–Crippen LogP) is 13.9. The number of rotatable bonds is 4. The van der Waals surface area contributed by atoms with Crippen molar-refractivity contribution in [2.75, 3.05) is 0 Å². The largest absolute Gasteiger partial charge is 0.306 e. The molecule has 5 nitrogen and oxygen atoms in total. The Kier molecular flexibility index (Phi) is 7.14. The second-order valence-corrected chi connectivity index (χ2v) is 16.1. The average molecular weight is 788 g/mol. The fraction of sp³-hybridized carbons (Fsp3) is 0.0175. The highest BCUT2D eigenvalue weighted by atomic mass is 15.1. The van der Waals surface area contributed by atoms with Crippen LogP contribution in [0.1, 0.15) is 33.7 Å². The number of nitrogens with zero attached hydrogens (tertiary/aromatic N) is 5. The van der Waals surface area contributed by atoms with Crippen molar-refractivity contribution in [1.29, 1.82) is 10.5 Å². The van der Waals surface area contributed by atoms with Crippen molar-refractivity contribution in [3.8, 4) is 40.3 Å². The van der Waals surface area contributed by atoms with E-state index in [0.29, 0.717) is 16.7 Å². The van der Waals surface area contributed by atoms with E-state index in [1.807, 2.05) is 0 Å². The van der Waals surface area contributed by atoms with Gasteiger partial charge in [0.1, 0.15) is 12.1 Å². The summed E-state index contributed by atoms with van der Waals surface area (Å²) in [7, 11) is 0. The molecule has 13 rings (SSSR count). The van der Waals surface area contributed by atoms with E-state index in [9.17, 15) is 10.5 Å². The fourth-order valence-electron chi connectivity index (χ4n) is 10.8. The molecule has 3 aromatic heterocycles. The Bertz CT molecular complexity index is 3610. The maximum Gasteiger partial charge on any atom is 0.102 e. The lowest BCUT2D eigenvalue weighted by molar-refractivity contribution is 0.963. The second kappa shape index (κ2) is 12.9. The Morgan fingerprint density at radius 2 is 0.565 bits per heavy atom. The van der Waals surface area contributed by atoms with Crippen LogP contribution in [0.4, 0.5) is 0 Å². The van der Waals surface area contributed by atoms with E-state index < -0.39 is 5.92 Å². The molecule has 0 amide bonds. The molecule has 0 spiro atoms. The molecule has 286 valence electrons. The first kappa shape index (κ1) is 34.2. The smallest absolute Gasteiger partial charge is 0.102 e. The van der Waals surface area contributed by atoms with Gasteiger partial charge in [-0.2, -0.15) is 10.5 Å². The van der Waals surface area contributed by atoms with E-state index in [-0.39, 0.29) is 0 Å². The standard InChI is InChI=1S/C57H33N5/c58-33-45-54(53-43-25-3-1-17-35(43)36-18-2-4-26-44(36)53)46(34-59)56(61-49-29-13-7-21-39(49)40-22-8-14-30-50(40)61)57(62-51-31-15-9-23-41(51)42-24-10-16-32-52(42)62)55(45)60-47-27-11-5-19-37(47)38-20-6-12-28-48(38)60/h1-32,53H. The molecule has 3 heterocycles. The Labute approximate surface area is 356 Å². The van der Waals surface area contributed by atoms with Crippen molar-refractivity contribution < 1.29 is 0 Å². The SMILES string of the molecule is N#Cc1c(C2c3ccccc3-c3ccccc32)c(C#N)c(-n2c3ccccc3c3ccccc32)c(-n2c3ccccc3c3ccccc32)c1-n1c2ccccc2c2ccccc21. The monoisotopic (exact) mass is 787 g/mol. The summed E-state index contributed by atoms with van der Waals surface area (Å²) < 4.78 is 6.93. The minimum Gasteiger partial charge on any atom is -0.306 e. The van der Waals surface area contributed by atoms with E-state index >= 15 is 0 Å². The lowest BCUT2D eigenvalue weighted by Crippen LogP contribution is -2.18. The highest BCUT2D eigenvalue weighted by Crippen LogP contribution is 2.54. The van der Waals surface area contributed by atoms with Crippen LogP contribution in [0.3, 0.4) is 0 Å². The zero-order valence-corrected chi connectivity index (χ0v) is 33.3. The second-order valence-electron chi connectivity index (χ2n) is 16.1. The van der Waals surface area contributed by atoms with E-state index in [4.69, 9.17) is 0 Å². The molecule has 0 aliphatic heterocycles. The Hall–Kier alpha value is -8.64. The van der Waals surface area contributed by atoms with E-state index in [2.05, 4.69) is 220 Å². The molecule has 0 saturated carbocycles. The first-order valence-electron chi connectivity index (χ1n) is 20.9. The number of benzene rings is 9. The number of hydrogen-bond donors (Lipinski definition) is 0. The summed E-state index contributed by atoms with van der Waals surface area (Å²) in [6.07, 6.45) is 0. The number of nitriles is 2. The number of fused-ring (bicyclic) bond motifs is 12. The van der Waals surface area contributed by atoms with Gasteiger partial charge >= 0.3 is 0 Å². The molecule has 0 fully saturated rings. The summed E-state index contributed by atoms with van der Waals surface area (Å²) in [6, 6.07) is 73.6. The Morgan fingerprint density at radius 1 is 0.306 bits per heavy atom. The van der Waals surface area contributed by atoms with E-state index in [0.717, 1.165) is 105 Å². The van der Waals surface area contributed by atoms with Gasteiger partial charge in [-0.15, -0.1) is 0 Å². The zero-order valence-electron chi connectivity index (χ0n) is 33.3. The minimum atomic E-state index is -0.405. The summed E-state index contributed by atoms with van der Waals surface area (Å²) in [4.78, 5) is 0. The van der Waals surface area contributed by atoms with Crippen molar-refractivity contribution in [2.45, 2.75) is 5.92 Å². The summed E-state index contributed by atoms with van der Waals surface area (Å²) in [5, 5.41) is 30.8. The third-order valence-electron chi connectivity index (χ3n) is 13.2. The molecule has 1 aliphatic rings. The Balaban J connectivity index is 1.37. The quantitative estimate of drug-likeness (QED) is 0.178. The van der Waals surface area contributed by atoms with Gasteiger partial charge in [-0.1, -0.05) is 158 Å². The van der Waals surface area contributed by atoms with Crippen LogP contribution in [0, 0.1) is 22.7 Å². The zero-order chi connectivity index (χ0) is 41.1. The van der Waals surface area contributed by atoms with Crippen molar-refractivity contribution in [2.24, 2.45) is 0 Å². The van der Waals surface area contributed by atoms with Crippen molar-refractivity contribution in [1.82, 2.24) is 13.7 Å². The molecule has 62 heavy (non-hydrogen) atoms. The van der Waals surface area contributed by atoms with Gasteiger partial charge in [0.2, 0.25) is 0 Å². The lowest BCUT2D eigenvalue weighted by atomic mass is 9.81. The summed E-state index contributed by atoms with van der Waals surface area (Å²) in [5.41, 5.74) is 14.1. The molecule has 5 heteroatoms. The molecule has 0 saturated heterocycles. The molecule has 0 atom stereocenters. The van der Waals surface area contributed by atoms with Gasteiger partial charge in [-0.3, -0.25) is 0 Å². The molecule has 0 bridgehead atoms. The fourth-order valence-corrected chi connectivity index (χ4v) is 10.8. The summed E-state index contributed by atoms with van der Waals surface area (Å²) >= 11 is 0. The van der Waals surface area contributed by atoms with Crippen LogP contribution < -0.4 is 0 Å². The van der Waals surface area contributed by atoms with Crippen molar-refractivity contribution in [3.05, 3.63) is 222 Å². The molecular formula is C57H33N5. The molecular weight excluding hydrogens is 755 g/mol. The van der Waals surface area contributed by atoms with Crippen LogP contribution in [-0.4, -0.2) is 13.7 Å². The third kappa shape index (κ3) is 4.44. The van der Waals surface area contributed by atoms with Crippen LogP contribution in [0.5, 0.6) is 0 Å². The number of para-hydroxylation sites is 6. The first-order chi connectivity index (χ1) is 30.8. The van der Waals surface area contributed by atoms with Crippen molar-refractivity contribution in [3.63, 3.8) is 0 Å². The third-order valence-corrected chi connectivity index (χ3v) is 13.2. The molecule has 9 aromatic carbocycles. The lowest BCUT2D eigenvalue weighted by Gasteiger charge is -2.28. The summed E-state index contributed by atoms with van der Waals surface area (Å²) in [6.45, 7) is 0. The van der Waals surface area contributed by atoms with Gasteiger partial charge in [-0.25, -0.2) is 0 Å². The van der Waals surface area contributed by atoms with Gasteiger partial charge in [0.15, 0.2) is 0 Å².